The van der Waals surface area contributed by atoms with Gasteiger partial charge in [0.1, 0.15) is 6.10 Å². The lowest BCUT2D eigenvalue weighted by atomic mass is 10.1. The van der Waals surface area contributed by atoms with E-state index in [9.17, 15) is 4.79 Å². The zero-order valence-corrected chi connectivity index (χ0v) is 8.52. The second kappa shape index (κ2) is 4.59. The standard InChI is InChI=1S/C11H15NO3/c12-6-9-1-2-11(15-9)10(13)5-8-3-4-14-7-8/h3-4,7,9,11H,1-2,5-6,12H2. The van der Waals surface area contributed by atoms with Gasteiger partial charge in [-0.1, -0.05) is 0 Å². The molecule has 1 aromatic rings. The Morgan fingerprint density at radius 3 is 3.00 bits per heavy atom. The van der Waals surface area contributed by atoms with Crippen molar-refractivity contribution in [3.05, 3.63) is 24.2 Å². The Hall–Kier alpha value is -1.13. The molecule has 0 aliphatic carbocycles. The minimum Gasteiger partial charge on any atom is -0.472 e. The van der Waals surface area contributed by atoms with E-state index in [4.69, 9.17) is 14.9 Å². The third kappa shape index (κ3) is 2.46. The molecule has 2 rings (SSSR count). The first kappa shape index (κ1) is 10.4. The van der Waals surface area contributed by atoms with E-state index in [-0.39, 0.29) is 18.0 Å². The monoisotopic (exact) mass is 209 g/mol. The third-order valence-corrected chi connectivity index (χ3v) is 2.69. The van der Waals surface area contributed by atoms with Crippen molar-refractivity contribution in [2.24, 2.45) is 5.73 Å². The van der Waals surface area contributed by atoms with Gasteiger partial charge in [0, 0.05) is 13.0 Å². The van der Waals surface area contributed by atoms with Crippen LogP contribution < -0.4 is 5.73 Å². The number of carbonyl (C=O) groups excluding carboxylic acids is 1. The first-order chi connectivity index (χ1) is 7.29. The average molecular weight is 209 g/mol. The molecule has 1 aliphatic rings. The van der Waals surface area contributed by atoms with Crippen molar-refractivity contribution >= 4 is 5.78 Å². The minimum absolute atomic E-state index is 0.0586. The number of furan rings is 1. The fourth-order valence-corrected chi connectivity index (χ4v) is 1.82. The first-order valence-electron chi connectivity index (χ1n) is 5.19. The van der Waals surface area contributed by atoms with Crippen LogP contribution >= 0.6 is 0 Å². The van der Waals surface area contributed by atoms with Gasteiger partial charge in [-0.3, -0.25) is 4.79 Å². The molecule has 2 unspecified atom stereocenters. The molecule has 1 fully saturated rings. The van der Waals surface area contributed by atoms with E-state index >= 15 is 0 Å². The lowest BCUT2D eigenvalue weighted by Crippen LogP contribution is -2.26. The largest absolute Gasteiger partial charge is 0.472 e. The van der Waals surface area contributed by atoms with E-state index < -0.39 is 0 Å². The Kier molecular flexibility index (Phi) is 3.18. The van der Waals surface area contributed by atoms with Gasteiger partial charge >= 0.3 is 0 Å². The summed E-state index contributed by atoms with van der Waals surface area (Å²) in [6.45, 7) is 0.496. The molecule has 0 saturated carbocycles. The summed E-state index contributed by atoms with van der Waals surface area (Å²) in [5.74, 6) is 0.118. The summed E-state index contributed by atoms with van der Waals surface area (Å²) < 4.78 is 10.4. The molecule has 2 N–H and O–H groups in total. The highest BCUT2D eigenvalue weighted by molar-refractivity contribution is 5.85. The van der Waals surface area contributed by atoms with Crippen LogP contribution in [0.3, 0.4) is 0 Å². The topological polar surface area (TPSA) is 65.5 Å². The van der Waals surface area contributed by atoms with Crippen LogP contribution in [0.1, 0.15) is 18.4 Å². The summed E-state index contributed by atoms with van der Waals surface area (Å²) >= 11 is 0. The highest BCUT2D eigenvalue weighted by Crippen LogP contribution is 2.20. The van der Waals surface area contributed by atoms with E-state index in [0.717, 1.165) is 18.4 Å². The fraction of sp³-hybridized carbons (Fsp3) is 0.545. The van der Waals surface area contributed by atoms with Gasteiger partial charge < -0.3 is 14.9 Å². The summed E-state index contributed by atoms with van der Waals surface area (Å²) in [5, 5.41) is 0. The number of carbonyl (C=O) groups is 1. The molecule has 82 valence electrons. The molecule has 0 spiro atoms. The summed E-state index contributed by atoms with van der Waals surface area (Å²) in [7, 11) is 0. The van der Waals surface area contributed by atoms with Crippen molar-refractivity contribution in [1.82, 2.24) is 0 Å². The molecular weight excluding hydrogens is 194 g/mol. The maximum absolute atomic E-state index is 11.8. The summed E-state index contributed by atoms with van der Waals surface area (Å²) in [5.41, 5.74) is 6.38. The van der Waals surface area contributed by atoms with E-state index in [0.29, 0.717) is 13.0 Å². The maximum atomic E-state index is 11.8. The van der Waals surface area contributed by atoms with Crippen molar-refractivity contribution in [2.45, 2.75) is 31.5 Å². The Balaban J connectivity index is 1.87. The van der Waals surface area contributed by atoms with Crippen molar-refractivity contribution < 1.29 is 13.9 Å². The second-order valence-electron chi connectivity index (χ2n) is 3.83. The molecule has 0 aromatic carbocycles. The number of ketones is 1. The Labute approximate surface area is 88.4 Å². The molecule has 2 atom stereocenters. The lowest BCUT2D eigenvalue weighted by molar-refractivity contribution is -0.128. The van der Waals surface area contributed by atoms with Crippen LogP contribution in [0.5, 0.6) is 0 Å². The highest BCUT2D eigenvalue weighted by Gasteiger charge is 2.29. The van der Waals surface area contributed by atoms with E-state index in [1.165, 1.54) is 0 Å². The van der Waals surface area contributed by atoms with Gasteiger partial charge in [-0.15, -0.1) is 0 Å². The van der Waals surface area contributed by atoms with E-state index in [2.05, 4.69) is 0 Å². The first-order valence-corrected chi connectivity index (χ1v) is 5.19. The summed E-state index contributed by atoms with van der Waals surface area (Å²) in [6, 6.07) is 1.80. The predicted octanol–water partition coefficient (Wildman–Crippen LogP) is 0.897. The average Bonchev–Trinajstić information content (AvgIpc) is 2.86. The highest BCUT2D eigenvalue weighted by atomic mass is 16.5. The van der Waals surface area contributed by atoms with Gasteiger partial charge in [0.05, 0.1) is 18.6 Å². The number of Topliss-reactive ketones (excluding diaryl/α,β-unsaturated/α-hetero) is 1. The Morgan fingerprint density at radius 1 is 1.53 bits per heavy atom. The summed E-state index contributed by atoms with van der Waals surface area (Å²) in [4.78, 5) is 11.8. The number of hydrogen-bond acceptors (Lipinski definition) is 4. The van der Waals surface area contributed by atoms with Crippen LogP contribution in [0.25, 0.3) is 0 Å². The Bertz CT molecular complexity index is 321. The SMILES string of the molecule is NCC1CCC(C(=O)Cc2ccoc2)O1. The molecule has 1 saturated heterocycles. The molecule has 1 aliphatic heterocycles. The number of rotatable bonds is 4. The van der Waals surface area contributed by atoms with Crippen LogP contribution in [0, 0.1) is 0 Å². The molecule has 4 heteroatoms. The molecule has 1 aromatic heterocycles. The van der Waals surface area contributed by atoms with Crippen molar-refractivity contribution in [3.8, 4) is 0 Å². The van der Waals surface area contributed by atoms with Crippen LogP contribution in [-0.2, 0) is 16.0 Å². The molecule has 2 heterocycles. The van der Waals surface area contributed by atoms with Gasteiger partial charge in [0.2, 0.25) is 0 Å². The van der Waals surface area contributed by atoms with Gasteiger partial charge in [-0.05, 0) is 24.5 Å². The molecule has 0 radical (unpaired) electrons. The van der Waals surface area contributed by atoms with Gasteiger partial charge in [-0.25, -0.2) is 0 Å². The number of nitrogens with two attached hydrogens (primary N) is 1. The van der Waals surface area contributed by atoms with Crippen LogP contribution in [0.2, 0.25) is 0 Å². The van der Waals surface area contributed by atoms with E-state index in [1.807, 2.05) is 0 Å². The fourth-order valence-electron chi connectivity index (χ4n) is 1.82. The van der Waals surface area contributed by atoms with E-state index in [1.54, 1.807) is 18.6 Å². The van der Waals surface area contributed by atoms with Crippen molar-refractivity contribution in [2.75, 3.05) is 6.54 Å². The minimum atomic E-state index is -0.270. The molecule has 0 amide bonds. The summed E-state index contributed by atoms with van der Waals surface area (Å²) in [6.07, 6.45) is 5.01. The zero-order valence-electron chi connectivity index (χ0n) is 8.52. The molecular formula is C11H15NO3. The van der Waals surface area contributed by atoms with Gasteiger partial charge in [0.25, 0.3) is 0 Å². The number of ether oxygens (including phenoxy) is 1. The quantitative estimate of drug-likeness (QED) is 0.800. The van der Waals surface area contributed by atoms with Crippen molar-refractivity contribution in [3.63, 3.8) is 0 Å². The molecule has 4 nitrogen and oxygen atoms in total. The second-order valence-corrected chi connectivity index (χ2v) is 3.83. The molecule has 0 bridgehead atoms. The third-order valence-electron chi connectivity index (χ3n) is 2.69. The number of hydrogen-bond donors (Lipinski definition) is 1. The van der Waals surface area contributed by atoms with Crippen LogP contribution in [-0.4, -0.2) is 24.5 Å². The smallest absolute Gasteiger partial charge is 0.166 e. The van der Waals surface area contributed by atoms with Gasteiger partial charge in [0.15, 0.2) is 5.78 Å². The maximum Gasteiger partial charge on any atom is 0.166 e. The zero-order chi connectivity index (χ0) is 10.7. The van der Waals surface area contributed by atoms with Crippen LogP contribution in [0.4, 0.5) is 0 Å². The Morgan fingerprint density at radius 2 is 2.40 bits per heavy atom. The van der Waals surface area contributed by atoms with Crippen LogP contribution in [0.15, 0.2) is 23.0 Å². The van der Waals surface area contributed by atoms with Crippen molar-refractivity contribution in [1.29, 1.82) is 0 Å². The predicted molar refractivity (Wildman–Crippen MR) is 54.4 cm³/mol. The lowest BCUT2D eigenvalue weighted by Gasteiger charge is -2.10. The van der Waals surface area contributed by atoms with Gasteiger partial charge in [-0.2, -0.15) is 0 Å². The normalized spacial score (nSPS) is 25.7. The molecule has 15 heavy (non-hydrogen) atoms.